The van der Waals surface area contributed by atoms with Crippen LogP contribution in [0.2, 0.25) is 0 Å². The van der Waals surface area contributed by atoms with E-state index < -0.39 is 0 Å². The highest BCUT2D eigenvalue weighted by molar-refractivity contribution is 5.97. The van der Waals surface area contributed by atoms with Gasteiger partial charge in [-0.05, 0) is 30.7 Å². The van der Waals surface area contributed by atoms with E-state index in [1.54, 1.807) is 18.2 Å². The Bertz CT molecular complexity index is 1150. The molecular formula is C20H19N7O. The zero-order chi connectivity index (χ0) is 19.1. The van der Waals surface area contributed by atoms with Crippen LogP contribution in [0.5, 0.6) is 0 Å². The quantitative estimate of drug-likeness (QED) is 0.595. The number of aromatic nitrogens is 6. The van der Waals surface area contributed by atoms with Gasteiger partial charge in [-0.25, -0.2) is 0 Å². The highest BCUT2D eigenvalue weighted by Gasteiger charge is 2.29. The molecule has 28 heavy (non-hydrogen) atoms. The van der Waals surface area contributed by atoms with E-state index in [1.165, 1.54) is 5.56 Å². The van der Waals surface area contributed by atoms with E-state index in [1.807, 2.05) is 23.1 Å². The zero-order valence-corrected chi connectivity index (χ0v) is 15.4. The Morgan fingerprint density at radius 3 is 2.79 bits per heavy atom. The number of carbonyl (C=O) groups excluding carboxylic acids is 1. The summed E-state index contributed by atoms with van der Waals surface area (Å²) >= 11 is 0. The molecule has 5 rings (SSSR count). The van der Waals surface area contributed by atoms with Gasteiger partial charge in [0, 0.05) is 18.5 Å². The molecule has 2 aromatic heterocycles. The molecule has 8 nitrogen and oxygen atoms in total. The minimum atomic E-state index is -0.0318. The van der Waals surface area contributed by atoms with Crippen molar-refractivity contribution in [2.45, 2.75) is 25.9 Å². The molecule has 1 aliphatic rings. The van der Waals surface area contributed by atoms with Gasteiger partial charge in [-0.15, -0.1) is 10.2 Å². The van der Waals surface area contributed by atoms with E-state index in [0.717, 1.165) is 23.6 Å². The average molecular weight is 373 g/mol. The Labute approximate surface area is 161 Å². The van der Waals surface area contributed by atoms with E-state index in [-0.39, 0.29) is 11.9 Å². The number of nitrogens with one attached hydrogen (secondary N) is 1. The lowest BCUT2D eigenvalue weighted by molar-refractivity contribution is 0.0680. The van der Waals surface area contributed by atoms with Crippen LogP contribution in [0, 0.1) is 0 Å². The fraction of sp³-hybridized carbons (Fsp3) is 0.250. The summed E-state index contributed by atoms with van der Waals surface area (Å²) in [6.07, 6.45) is 0.731. The topological polar surface area (TPSA) is 92.6 Å². The third kappa shape index (κ3) is 2.83. The summed E-state index contributed by atoms with van der Waals surface area (Å²) in [5.41, 5.74) is 3.23. The van der Waals surface area contributed by atoms with Crippen LogP contribution in [0.25, 0.3) is 11.0 Å². The summed E-state index contributed by atoms with van der Waals surface area (Å²) in [5.74, 6) is 1.72. The van der Waals surface area contributed by atoms with Crippen molar-refractivity contribution in [3.63, 3.8) is 0 Å². The summed E-state index contributed by atoms with van der Waals surface area (Å²) in [6, 6.07) is 15.7. The number of hydrogen-bond donors (Lipinski definition) is 1. The van der Waals surface area contributed by atoms with Crippen molar-refractivity contribution in [1.82, 2.24) is 35.1 Å². The minimum absolute atomic E-state index is 0.0318. The highest BCUT2D eigenvalue weighted by atomic mass is 16.2. The first kappa shape index (κ1) is 16.6. The molecule has 0 radical (unpaired) electrons. The molecule has 0 fully saturated rings. The predicted octanol–water partition coefficient (Wildman–Crippen LogP) is 2.36. The third-order valence-corrected chi connectivity index (χ3v) is 5.15. The second kappa shape index (κ2) is 6.56. The van der Waals surface area contributed by atoms with Crippen molar-refractivity contribution < 1.29 is 4.79 Å². The molecule has 0 unspecified atom stereocenters. The third-order valence-electron chi connectivity index (χ3n) is 5.15. The van der Waals surface area contributed by atoms with Crippen LogP contribution in [-0.4, -0.2) is 47.5 Å². The molecule has 1 atom stereocenters. The molecule has 0 aliphatic carbocycles. The number of amides is 1. The maximum atomic E-state index is 13.0. The van der Waals surface area contributed by atoms with Gasteiger partial charge in [0.1, 0.15) is 16.9 Å². The number of rotatable bonds is 3. The lowest BCUT2D eigenvalue weighted by Crippen LogP contribution is -2.40. The van der Waals surface area contributed by atoms with Crippen molar-refractivity contribution in [3.05, 3.63) is 71.3 Å². The number of aromatic amines is 1. The van der Waals surface area contributed by atoms with Crippen LogP contribution >= 0.6 is 0 Å². The molecule has 2 aromatic carbocycles. The molecule has 0 saturated heterocycles. The largest absolute Gasteiger partial charge is 0.329 e. The van der Waals surface area contributed by atoms with Gasteiger partial charge in [0.15, 0.2) is 5.82 Å². The number of hydrogen-bond acceptors (Lipinski definition) is 5. The summed E-state index contributed by atoms with van der Waals surface area (Å²) in [7, 11) is 0. The number of fused-ring (bicyclic) bond motifs is 2. The molecular weight excluding hydrogens is 354 g/mol. The molecule has 0 bridgehead atoms. The number of nitrogens with zero attached hydrogens (tertiary/aromatic N) is 6. The van der Waals surface area contributed by atoms with Crippen molar-refractivity contribution in [1.29, 1.82) is 0 Å². The smallest absolute Gasteiger partial charge is 0.254 e. The van der Waals surface area contributed by atoms with Gasteiger partial charge >= 0.3 is 0 Å². The first-order valence-electron chi connectivity index (χ1n) is 9.25. The van der Waals surface area contributed by atoms with Gasteiger partial charge in [-0.1, -0.05) is 30.3 Å². The number of carbonyl (C=O) groups is 1. The summed E-state index contributed by atoms with van der Waals surface area (Å²) in [6.45, 7) is 3.16. The summed E-state index contributed by atoms with van der Waals surface area (Å²) < 4.78 is 2.16. The number of H-pyrrole nitrogens is 1. The van der Waals surface area contributed by atoms with Gasteiger partial charge in [-0.2, -0.15) is 15.4 Å². The molecule has 1 amide bonds. The maximum absolute atomic E-state index is 13.0. The maximum Gasteiger partial charge on any atom is 0.254 e. The van der Waals surface area contributed by atoms with Crippen molar-refractivity contribution >= 4 is 16.9 Å². The van der Waals surface area contributed by atoms with Crippen LogP contribution in [0.15, 0.2) is 48.5 Å². The van der Waals surface area contributed by atoms with E-state index in [2.05, 4.69) is 49.2 Å². The van der Waals surface area contributed by atoms with Crippen LogP contribution in [0.4, 0.5) is 0 Å². The molecule has 4 aromatic rings. The van der Waals surface area contributed by atoms with Crippen LogP contribution in [0.1, 0.15) is 40.5 Å². The van der Waals surface area contributed by atoms with Gasteiger partial charge in [0.25, 0.3) is 5.91 Å². The second-order valence-electron chi connectivity index (χ2n) is 7.13. The Morgan fingerprint density at radius 1 is 1.11 bits per heavy atom. The molecule has 1 N–H and O–H groups in total. The number of benzene rings is 2. The van der Waals surface area contributed by atoms with E-state index in [4.69, 9.17) is 0 Å². The predicted molar refractivity (Wildman–Crippen MR) is 103 cm³/mol. The molecule has 3 heterocycles. The van der Waals surface area contributed by atoms with Crippen molar-refractivity contribution in [2.24, 2.45) is 0 Å². The SMILES string of the molecule is C[C@H]1CN(C(=O)c2ccc3n[nH]nc3c2)Cc2nnc(Cc3ccccc3)n21. The Balaban J connectivity index is 1.40. The lowest BCUT2D eigenvalue weighted by atomic mass is 10.1. The summed E-state index contributed by atoms with van der Waals surface area (Å²) in [5, 5.41) is 19.4. The van der Waals surface area contributed by atoms with E-state index >= 15 is 0 Å². The van der Waals surface area contributed by atoms with Crippen LogP contribution < -0.4 is 0 Å². The zero-order valence-electron chi connectivity index (χ0n) is 15.4. The van der Waals surface area contributed by atoms with Gasteiger partial charge in [-0.3, -0.25) is 4.79 Å². The molecule has 0 spiro atoms. The Morgan fingerprint density at radius 2 is 1.93 bits per heavy atom. The molecule has 8 heteroatoms. The highest BCUT2D eigenvalue weighted by Crippen LogP contribution is 2.24. The summed E-state index contributed by atoms with van der Waals surface area (Å²) in [4.78, 5) is 14.9. The van der Waals surface area contributed by atoms with Gasteiger partial charge in [0.05, 0.1) is 12.6 Å². The van der Waals surface area contributed by atoms with Gasteiger partial charge < -0.3 is 9.47 Å². The molecule has 0 saturated carbocycles. The normalized spacial score (nSPS) is 16.3. The van der Waals surface area contributed by atoms with Crippen LogP contribution in [-0.2, 0) is 13.0 Å². The average Bonchev–Trinajstić information content (AvgIpc) is 3.35. The Hall–Kier alpha value is -3.55. The Kier molecular flexibility index (Phi) is 3.89. The fourth-order valence-corrected chi connectivity index (χ4v) is 3.82. The second-order valence-corrected chi connectivity index (χ2v) is 7.13. The minimum Gasteiger partial charge on any atom is -0.329 e. The van der Waals surface area contributed by atoms with Crippen molar-refractivity contribution in [3.8, 4) is 0 Å². The van der Waals surface area contributed by atoms with Crippen molar-refractivity contribution in [2.75, 3.05) is 6.54 Å². The first-order valence-corrected chi connectivity index (χ1v) is 9.25. The first-order chi connectivity index (χ1) is 13.7. The van der Waals surface area contributed by atoms with Crippen LogP contribution in [0.3, 0.4) is 0 Å². The molecule has 1 aliphatic heterocycles. The van der Waals surface area contributed by atoms with E-state index in [0.29, 0.717) is 24.2 Å². The molecule has 140 valence electrons. The van der Waals surface area contributed by atoms with Gasteiger partial charge in [0.2, 0.25) is 0 Å². The lowest BCUT2D eigenvalue weighted by Gasteiger charge is -2.32. The monoisotopic (exact) mass is 373 g/mol. The standard InChI is InChI=1S/C20H19N7O/c1-13-11-26(20(28)15-7-8-16-17(10-15)22-25-21-16)12-19-24-23-18(27(13)19)9-14-5-3-2-4-6-14/h2-8,10,13H,9,11-12H2,1H3,(H,21,22,25)/t13-/m0/s1. The fourth-order valence-electron chi connectivity index (χ4n) is 3.82. The van der Waals surface area contributed by atoms with E-state index in [9.17, 15) is 4.79 Å².